The third kappa shape index (κ3) is 1.75. The minimum atomic E-state index is 0.0913. The van der Waals surface area contributed by atoms with E-state index in [1.807, 2.05) is 18.2 Å². The Balaban J connectivity index is 3.02. The molecule has 0 saturated carbocycles. The van der Waals surface area contributed by atoms with Gasteiger partial charge in [-0.25, -0.2) is 0 Å². The average Bonchev–Trinajstić information content (AvgIpc) is 2.16. The molecule has 0 aromatic heterocycles. The third-order valence-corrected chi connectivity index (χ3v) is 1.92. The zero-order valence-corrected chi connectivity index (χ0v) is 7.17. The summed E-state index contributed by atoms with van der Waals surface area (Å²) in [6.45, 7) is 2.14. The molecule has 0 aliphatic heterocycles. The second-order valence-electron chi connectivity index (χ2n) is 2.64. The van der Waals surface area contributed by atoms with Crippen LogP contribution < -0.4 is 11.3 Å². The van der Waals surface area contributed by atoms with Crippen LogP contribution in [0.2, 0.25) is 0 Å². The van der Waals surface area contributed by atoms with Crippen molar-refractivity contribution in [3.8, 4) is 0 Å². The maximum absolute atomic E-state index is 8.96. The summed E-state index contributed by atoms with van der Waals surface area (Å²) in [7, 11) is 0. The van der Waals surface area contributed by atoms with E-state index >= 15 is 0 Å². The highest BCUT2D eigenvalue weighted by atomic mass is 16.3. The van der Waals surface area contributed by atoms with Gasteiger partial charge in [0.25, 0.3) is 0 Å². The van der Waals surface area contributed by atoms with Crippen LogP contribution in [0.3, 0.4) is 0 Å². The Kier molecular flexibility index (Phi) is 3.08. The molecule has 4 N–H and O–H groups in total. The van der Waals surface area contributed by atoms with Gasteiger partial charge in [0.05, 0.1) is 6.61 Å². The number of aliphatic hydroxyl groups excluding tert-OH is 1. The largest absolute Gasteiger partial charge is 0.392 e. The van der Waals surface area contributed by atoms with Crippen LogP contribution in [0, 0.1) is 0 Å². The van der Waals surface area contributed by atoms with Crippen LogP contribution in [0.1, 0.15) is 18.1 Å². The fourth-order valence-electron chi connectivity index (χ4n) is 1.20. The molecule has 0 bridgehead atoms. The molecule has 1 rings (SSSR count). The van der Waals surface area contributed by atoms with E-state index in [-0.39, 0.29) is 6.61 Å². The summed E-state index contributed by atoms with van der Waals surface area (Å²) in [5.41, 5.74) is 5.55. The molecule has 0 unspecified atom stereocenters. The van der Waals surface area contributed by atoms with Crippen molar-refractivity contribution in [3.05, 3.63) is 29.3 Å². The van der Waals surface area contributed by atoms with E-state index in [2.05, 4.69) is 12.3 Å². The molecule has 12 heavy (non-hydrogen) atoms. The summed E-state index contributed by atoms with van der Waals surface area (Å²) in [4.78, 5) is 0. The fraction of sp³-hybridized carbons (Fsp3) is 0.333. The summed E-state index contributed by atoms with van der Waals surface area (Å²) >= 11 is 0. The molecule has 0 spiro atoms. The summed E-state index contributed by atoms with van der Waals surface area (Å²) < 4.78 is 0. The van der Waals surface area contributed by atoms with Crippen molar-refractivity contribution in [3.63, 3.8) is 0 Å². The lowest BCUT2D eigenvalue weighted by Gasteiger charge is -2.07. The number of hydrogen-bond donors (Lipinski definition) is 3. The molecule has 0 atom stereocenters. The van der Waals surface area contributed by atoms with E-state index in [0.717, 1.165) is 23.2 Å². The Morgan fingerprint density at radius 1 is 1.42 bits per heavy atom. The van der Waals surface area contributed by atoms with Gasteiger partial charge in [0.15, 0.2) is 0 Å². The van der Waals surface area contributed by atoms with Crippen LogP contribution in [0.5, 0.6) is 0 Å². The van der Waals surface area contributed by atoms with Gasteiger partial charge in [-0.2, -0.15) is 0 Å². The number of nitrogens with one attached hydrogen (secondary N) is 1. The molecule has 0 aliphatic rings. The van der Waals surface area contributed by atoms with Crippen LogP contribution in [-0.2, 0) is 13.0 Å². The summed E-state index contributed by atoms with van der Waals surface area (Å²) in [5, 5.41) is 8.96. The predicted octanol–water partition coefficient (Wildman–Crippen LogP) is 1.03. The summed E-state index contributed by atoms with van der Waals surface area (Å²) in [6, 6.07) is 5.68. The number of nitrogen functional groups attached to an aromatic ring is 1. The van der Waals surface area contributed by atoms with E-state index in [1.165, 1.54) is 0 Å². The highest BCUT2D eigenvalue weighted by Crippen LogP contribution is 2.15. The van der Waals surface area contributed by atoms with Crippen molar-refractivity contribution in [1.82, 2.24) is 0 Å². The third-order valence-electron chi connectivity index (χ3n) is 1.92. The molecule has 0 heterocycles. The van der Waals surface area contributed by atoms with Gasteiger partial charge < -0.3 is 10.5 Å². The number of hydrazine groups is 1. The van der Waals surface area contributed by atoms with E-state index in [4.69, 9.17) is 10.9 Å². The second-order valence-corrected chi connectivity index (χ2v) is 2.64. The summed E-state index contributed by atoms with van der Waals surface area (Å²) in [6.07, 6.45) is 0.908. The molecule has 3 nitrogen and oxygen atoms in total. The Hall–Kier alpha value is -1.06. The van der Waals surface area contributed by atoms with E-state index in [9.17, 15) is 0 Å². The molecule has 1 aromatic rings. The van der Waals surface area contributed by atoms with Crippen LogP contribution in [0.4, 0.5) is 5.69 Å². The van der Waals surface area contributed by atoms with E-state index in [0.29, 0.717) is 0 Å². The standard InChI is InChI=1S/C9H14N2O/c1-2-7-5-9(11-10)4-3-8(7)6-12/h3-5,11-12H,2,6,10H2,1H3. The lowest BCUT2D eigenvalue weighted by Crippen LogP contribution is -2.07. The normalized spacial score (nSPS) is 9.92. The van der Waals surface area contributed by atoms with E-state index in [1.54, 1.807) is 0 Å². The highest BCUT2D eigenvalue weighted by molar-refractivity contribution is 5.47. The first-order valence-electron chi connectivity index (χ1n) is 4.01. The zero-order valence-electron chi connectivity index (χ0n) is 7.17. The Bertz CT molecular complexity index is 261. The summed E-state index contributed by atoms with van der Waals surface area (Å²) in [5.74, 6) is 5.25. The quantitative estimate of drug-likeness (QED) is 0.464. The first-order valence-corrected chi connectivity index (χ1v) is 4.01. The maximum atomic E-state index is 8.96. The van der Waals surface area contributed by atoms with Gasteiger partial charge in [-0.3, -0.25) is 5.84 Å². The van der Waals surface area contributed by atoms with Crippen LogP contribution in [0.25, 0.3) is 0 Å². The second kappa shape index (κ2) is 4.09. The number of hydrogen-bond acceptors (Lipinski definition) is 3. The van der Waals surface area contributed by atoms with Gasteiger partial charge >= 0.3 is 0 Å². The minimum Gasteiger partial charge on any atom is -0.392 e. The monoisotopic (exact) mass is 166 g/mol. The van der Waals surface area contributed by atoms with Crippen LogP contribution in [0.15, 0.2) is 18.2 Å². The average molecular weight is 166 g/mol. The highest BCUT2D eigenvalue weighted by Gasteiger charge is 1.99. The molecule has 0 amide bonds. The molecule has 0 fully saturated rings. The molecule has 0 radical (unpaired) electrons. The van der Waals surface area contributed by atoms with Crippen LogP contribution >= 0.6 is 0 Å². The topological polar surface area (TPSA) is 58.3 Å². The Morgan fingerprint density at radius 2 is 2.17 bits per heavy atom. The van der Waals surface area contributed by atoms with Gasteiger partial charge in [-0.05, 0) is 29.7 Å². The van der Waals surface area contributed by atoms with Gasteiger partial charge in [0, 0.05) is 5.69 Å². The predicted molar refractivity (Wildman–Crippen MR) is 49.6 cm³/mol. The van der Waals surface area contributed by atoms with Gasteiger partial charge in [0.2, 0.25) is 0 Å². The smallest absolute Gasteiger partial charge is 0.0684 e. The van der Waals surface area contributed by atoms with Gasteiger partial charge in [0.1, 0.15) is 0 Å². The molecular weight excluding hydrogens is 152 g/mol. The van der Waals surface area contributed by atoms with Crippen molar-refractivity contribution in [2.24, 2.45) is 5.84 Å². The first kappa shape index (κ1) is 9.03. The molecular formula is C9H14N2O. The van der Waals surface area contributed by atoms with Gasteiger partial charge in [-0.1, -0.05) is 13.0 Å². The first-order chi connectivity index (χ1) is 5.81. The molecule has 0 aliphatic carbocycles. The van der Waals surface area contributed by atoms with Crippen molar-refractivity contribution in [1.29, 1.82) is 0 Å². The number of rotatable bonds is 3. The van der Waals surface area contributed by atoms with Crippen molar-refractivity contribution in [2.75, 3.05) is 5.43 Å². The minimum absolute atomic E-state index is 0.0913. The molecule has 0 saturated heterocycles. The lowest BCUT2D eigenvalue weighted by molar-refractivity contribution is 0.280. The zero-order chi connectivity index (χ0) is 8.97. The number of nitrogens with two attached hydrogens (primary N) is 1. The lowest BCUT2D eigenvalue weighted by atomic mass is 10.1. The number of benzene rings is 1. The van der Waals surface area contributed by atoms with Gasteiger partial charge in [-0.15, -0.1) is 0 Å². The molecule has 1 aromatic carbocycles. The Labute approximate surface area is 72.2 Å². The fourth-order valence-corrected chi connectivity index (χ4v) is 1.20. The van der Waals surface area contributed by atoms with Crippen molar-refractivity contribution < 1.29 is 5.11 Å². The maximum Gasteiger partial charge on any atom is 0.0684 e. The van der Waals surface area contributed by atoms with E-state index < -0.39 is 0 Å². The number of aliphatic hydroxyl groups is 1. The van der Waals surface area contributed by atoms with Crippen molar-refractivity contribution in [2.45, 2.75) is 20.0 Å². The molecule has 3 heteroatoms. The molecule has 66 valence electrons. The Morgan fingerprint density at radius 3 is 2.67 bits per heavy atom. The number of aryl methyl sites for hydroxylation is 1. The SMILES string of the molecule is CCc1cc(NN)ccc1CO. The van der Waals surface area contributed by atoms with Crippen LogP contribution in [-0.4, -0.2) is 5.11 Å². The number of anilines is 1. The van der Waals surface area contributed by atoms with Crippen molar-refractivity contribution >= 4 is 5.69 Å².